The minimum absolute atomic E-state index is 0.0882. The number of likely N-dealkylation sites (tertiary alicyclic amines) is 1. The van der Waals surface area contributed by atoms with Crippen molar-refractivity contribution in [2.24, 2.45) is 5.92 Å². The number of carbonyl (C=O) groups is 3. The van der Waals surface area contributed by atoms with Crippen LogP contribution in [0.3, 0.4) is 0 Å². The van der Waals surface area contributed by atoms with Gasteiger partial charge in [0.2, 0.25) is 5.91 Å². The summed E-state index contributed by atoms with van der Waals surface area (Å²) in [5.41, 5.74) is 1.99. The van der Waals surface area contributed by atoms with Crippen molar-refractivity contribution in [3.05, 3.63) is 29.8 Å². The molecule has 2 heterocycles. The van der Waals surface area contributed by atoms with Crippen LogP contribution in [-0.4, -0.2) is 48.4 Å². The van der Waals surface area contributed by atoms with Crippen LogP contribution in [0.2, 0.25) is 0 Å². The predicted molar refractivity (Wildman–Crippen MR) is 97.6 cm³/mol. The van der Waals surface area contributed by atoms with E-state index in [4.69, 9.17) is 4.74 Å². The minimum atomic E-state index is -0.798. The summed E-state index contributed by atoms with van der Waals surface area (Å²) in [6.45, 7) is 5.44. The number of hydrogen-bond donors (Lipinski definition) is 0. The Labute approximate surface area is 154 Å². The number of anilines is 1. The second kappa shape index (κ2) is 7.89. The third kappa shape index (κ3) is 3.89. The van der Waals surface area contributed by atoms with E-state index >= 15 is 0 Å². The fourth-order valence-electron chi connectivity index (χ4n) is 3.54. The molecule has 2 fully saturated rings. The molecule has 2 atom stereocenters. The number of hydrogen-bond acceptors (Lipinski definition) is 4. The van der Waals surface area contributed by atoms with Gasteiger partial charge >= 0.3 is 5.97 Å². The standard InChI is InChI=1S/C20H26N2O4/c1-3-15-6-8-17(9-7-15)22-13-16(12-18(22)23)20(25)26-14(2)19(24)21-10-4-5-11-21/h6-9,14,16H,3-5,10-13H2,1-2H3. The van der Waals surface area contributed by atoms with E-state index in [1.807, 2.05) is 24.3 Å². The molecule has 1 aromatic rings. The average molecular weight is 358 g/mol. The van der Waals surface area contributed by atoms with Crippen LogP contribution in [0, 0.1) is 5.92 Å². The Balaban J connectivity index is 1.58. The van der Waals surface area contributed by atoms with Crippen molar-refractivity contribution in [2.45, 2.75) is 45.6 Å². The molecule has 2 aliphatic heterocycles. The summed E-state index contributed by atoms with van der Waals surface area (Å²) >= 11 is 0. The number of carbonyl (C=O) groups excluding carboxylic acids is 3. The van der Waals surface area contributed by atoms with E-state index in [0.717, 1.165) is 38.0 Å². The van der Waals surface area contributed by atoms with Gasteiger partial charge in [0, 0.05) is 31.7 Å². The van der Waals surface area contributed by atoms with Crippen LogP contribution < -0.4 is 4.90 Å². The van der Waals surface area contributed by atoms with Crippen molar-refractivity contribution >= 4 is 23.5 Å². The summed E-state index contributed by atoms with van der Waals surface area (Å²) < 4.78 is 5.37. The highest BCUT2D eigenvalue weighted by atomic mass is 16.5. The zero-order valence-corrected chi connectivity index (χ0v) is 15.4. The summed E-state index contributed by atoms with van der Waals surface area (Å²) in [4.78, 5) is 40.4. The number of benzene rings is 1. The molecule has 140 valence electrons. The second-order valence-corrected chi connectivity index (χ2v) is 7.04. The number of amides is 2. The lowest BCUT2D eigenvalue weighted by molar-refractivity contribution is -0.161. The fourth-order valence-corrected chi connectivity index (χ4v) is 3.54. The van der Waals surface area contributed by atoms with E-state index in [0.29, 0.717) is 6.54 Å². The first-order valence-electron chi connectivity index (χ1n) is 9.38. The van der Waals surface area contributed by atoms with Crippen LogP contribution in [0.25, 0.3) is 0 Å². The summed E-state index contributed by atoms with van der Waals surface area (Å²) in [5, 5.41) is 0. The van der Waals surface area contributed by atoms with E-state index in [9.17, 15) is 14.4 Å². The molecule has 0 aromatic heterocycles. The van der Waals surface area contributed by atoms with Gasteiger partial charge in [-0.15, -0.1) is 0 Å². The van der Waals surface area contributed by atoms with Crippen LogP contribution in [0.4, 0.5) is 5.69 Å². The largest absolute Gasteiger partial charge is 0.452 e. The maximum Gasteiger partial charge on any atom is 0.312 e. The van der Waals surface area contributed by atoms with Crippen molar-refractivity contribution < 1.29 is 19.1 Å². The van der Waals surface area contributed by atoms with Crippen molar-refractivity contribution in [2.75, 3.05) is 24.5 Å². The molecular formula is C20H26N2O4. The molecular weight excluding hydrogens is 332 g/mol. The fraction of sp³-hybridized carbons (Fsp3) is 0.550. The molecule has 0 saturated carbocycles. The maximum absolute atomic E-state index is 12.4. The zero-order valence-electron chi connectivity index (χ0n) is 15.4. The van der Waals surface area contributed by atoms with Gasteiger partial charge in [-0.1, -0.05) is 19.1 Å². The van der Waals surface area contributed by atoms with Crippen LogP contribution in [0.1, 0.15) is 38.7 Å². The van der Waals surface area contributed by atoms with Crippen molar-refractivity contribution in [3.63, 3.8) is 0 Å². The van der Waals surface area contributed by atoms with Crippen LogP contribution in [0.15, 0.2) is 24.3 Å². The molecule has 2 amide bonds. The highest BCUT2D eigenvalue weighted by Gasteiger charge is 2.37. The lowest BCUT2D eigenvalue weighted by atomic mass is 10.1. The van der Waals surface area contributed by atoms with Gasteiger partial charge in [-0.3, -0.25) is 14.4 Å². The number of ether oxygens (including phenoxy) is 1. The van der Waals surface area contributed by atoms with E-state index in [-0.39, 0.29) is 18.2 Å². The molecule has 2 aliphatic rings. The van der Waals surface area contributed by atoms with Crippen molar-refractivity contribution in [3.8, 4) is 0 Å². The molecule has 6 nitrogen and oxygen atoms in total. The van der Waals surface area contributed by atoms with Crippen molar-refractivity contribution in [1.29, 1.82) is 0 Å². The predicted octanol–water partition coefficient (Wildman–Crippen LogP) is 2.16. The van der Waals surface area contributed by atoms with E-state index in [1.165, 1.54) is 5.56 Å². The molecule has 0 spiro atoms. The maximum atomic E-state index is 12.4. The number of rotatable bonds is 5. The minimum Gasteiger partial charge on any atom is -0.452 e. The Morgan fingerprint density at radius 1 is 1.19 bits per heavy atom. The third-order valence-electron chi connectivity index (χ3n) is 5.17. The summed E-state index contributed by atoms with van der Waals surface area (Å²) in [6.07, 6.45) is 2.25. The van der Waals surface area contributed by atoms with Gasteiger partial charge < -0.3 is 14.5 Å². The highest BCUT2D eigenvalue weighted by molar-refractivity contribution is 5.99. The monoisotopic (exact) mass is 358 g/mol. The van der Waals surface area contributed by atoms with E-state index < -0.39 is 18.0 Å². The number of esters is 1. The lowest BCUT2D eigenvalue weighted by Crippen LogP contribution is -2.39. The molecule has 26 heavy (non-hydrogen) atoms. The Morgan fingerprint density at radius 3 is 2.46 bits per heavy atom. The molecule has 1 aromatic carbocycles. The zero-order chi connectivity index (χ0) is 18.7. The van der Waals surface area contributed by atoms with Gasteiger partial charge in [0.1, 0.15) is 0 Å². The quantitative estimate of drug-likeness (QED) is 0.757. The van der Waals surface area contributed by atoms with Gasteiger partial charge in [-0.25, -0.2) is 0 Å². The lowest BCUT2D eigenvalue weighted by Gasteiger charge is -2.21. The topological polar surface area (TPSA) is 66.9 Å². The summed E-state index contributed by atoms with van der Waals surface area (Å²) in [5.74, 6) is -1.23. The normalized spacial score (nSPS) is 21.2. The molecule has 6 heteroatoms. The molecule has 0 bridgehead atoms. The van der Waals surface area contributed by atoms with Gasteiger partial charge in [0.05, 0.1) is 5.92 Å². The van der Waals surface area contributed by atoms with Gasteiger partial charge in [-0.05, 0) is 43.9 Å². The summed E-state index contributed by atoms with van der Waals surface area (Å²) in [6, 6.07) is 7.80. The van der Waals surface area contributed by atoms with E-state index in [1.54, 1.807) is 16.7 Å². The second-order valence-electron chi connectivity index (χ2n) is 7.04. The number of aryl methyl sites for hydroxylation is 1. The molecule has 0 aliphatic carbocycles. The van der Waals surface area contributed by atoms with Crippen LogP contribution >= 0.6 is 0 Å². The first kappa shape index (κ1) is 18.4. The molecule has 0 radical (unpaired) electrons. The van der Waals surface area contributed by atoms with Crippen LogP contribution in [0.5, 0.6) is 0 Å². The molecule has 3 rings (SSSR count). The Morgan fingerprint density at radius 2 is 1.85 bits per heavy atom. The van der Waals surface area contributed by atoms with Gasteiger partial charge in [0.15, 0.2) is 6.10 Å². The number of nitrogens with zero attached hydrogens (tertiary/aromatic N) is 2. The third-order valence-corrected chi connectivity index (χ3v) is 5.17. The first-order chi connectivity index (χ1) is 12.5. The smallest absolute Gasteiger partial charge is 0.312 e. The van der Waals surface area contributed by atoms with Gasteiger partial charge in [-0.2, -0.15) is 0 Å². The van der Waals surface area contributed by atoms with Crippen molar-refractivity contribution in [1.82, 2.24) is 4.90 Å². The summed E-state index contributed by atoms with van der Waals surface area (Å²) in [7, 11) is 0. The average Bonchev–Trinajstić information content (AvgIpc) is 3.31. The first-order valence-corrected chi connectivity index (χ1v) is 9.38. The molecule has 2 unspecified atom stereocenters. The van der Waals surface area contributed by atoms with Gasteiger partial charge in [0.25, 0.3) is 5.91 Å². The highest BCUT2D eigenvalue weighted by Crippen LogP contribution is 2.26. The molecule has 0 N–H and O–H groups in total. The Bertz CT molecular complexity index is 680. The molecule has 2 saturated heterocycles. The Kier molecular flexibility index (Phi) is 5.59. The Hall–Kier alpha value is -2.37. The van der Waals surface area contributed by atoms with Crippen LogP contribution in [-0.2, 0) is 25.5 Å². The SMILES string of the molecule is CCc1ccc(N2CC(C(=O)OC(C)C(=O)N3CCCC3)CC2=O)cc1. The van der Waals surface area contributed by atoms with E-state index in [2.05, 4.69) is 6.92 Å².